The highest BCUT2D eigenvalue weighted by Crippen LogP contribution is 2.29. The molecule has 1 aromatic rings. The molecule has 1 unspecified atom stereocenters. The van der Waals surface area contributed by atoms with Gasteiger partial charge in [0.05, 0.1) is 11.6 Å². The maximum Gasteiger partial charge on any atom is 0.416 e. The summed E-state index contributed by atoms with van der Waals surface area (Å²) < 4.78 is 37.2. The van der Waals surface area contributed by atoms with Crippen molar-refractivity contribution in [1.82, 2.24) is 0 Å². The number of amides is 1. The van der Waals surface area contributed by atoms with Gasteiger partial charge in [-0.1, -0.05) is 6.08 Å². The number of hydrogen-bond acceptors (Lipinski definition) is 3. The molecule has 4 nitrogen and oxygen atoms in total. The topological polar surface area (TPSA) is 70.0 Å². The number of carbonyl (C=O) groups excluding carboxylic acids is 2. The summed E-state index contributed by atoms with van der Waals surface area (Å²) in [6, 6.07) is 5.60. The van der Waals surface area contributed by atoms with Crippen molar-refractivity contribution >= 4 is 17.4 Å². The van der Waals surface area contributed by atoms with Crippen LogP contribution < -0.4 is 5.32 Å². The fraction of sp³-hybridized carbons (Fsp3) is 0.267. The van der Waals surface area contributed by atoms with E-state index in [9.17, 15) is 22.8 Å². The zero-order chi connectivity index (χ0) is 16.8. The molecule has 0 aliphatic heterocycles. The number of carbonyl (C=O) groups is 2. The first-order valence-electron chi connectivity index (χ1n) is 6.28. The lowest BCUT2D eigenvalue weighted by Crippen LogP contribution is -2.21. The van der Waals surface area contributed by atoms with Crippen molar-refractivity contribution in [2.75, 3.05) is 5.32 Å². The fourth-order valence-corrected chi connectivity index (χ4v) is 1.66. The van der Waals surface area contributed by atoms with Gasteiger partial charge in [0.2, 0.25) is 5.91 Å². The first-order valence-corrected chi connectivity index (χ1v) is 6.28. The van der Waals surface area contributed by atoms with Gasteiger partial charge in [0.1, 0.15) is 5.92 Å². The summed E-state index contributed by atoms with van der Waals surface area (Å²) in [5, 5.41) is 11.2. The fourth-order valence-electron chi connectivity index (χ4n) is 1.66. The SMILES string of the molecule is C=CCC(=O)C(C#N)CC(=O)Nc1ccc(C(F)(F)F)cc1. The Morgan fingerprint density at radius 1 is 1.32 bits per heavy atom. The number of allylic oxidation sites excluding steroid dienone is 1. The molecule has 1 amide bonds. The maximum atomic E-state index is 12.4. The predicted octanol–water partition coefficient (Wildman–Crippen LogP) is 3.32. The lowest BCUT2D eigenvalue weighted by Gasteiger charge is -2.10. The van der Waals surface area contributed by atoms with Gasteiger partial charge in [-0.05, 0) is 24.3 Å². The van der Waals surface area contributed by atoms with E-state index in [0.29, 0.717) is 0 Å². The molecule has 1 atom stereocenters. The van der Waals surface area contributed by atoms with Crippen LogP contribution in [0.5, 0.6) is 0 Å². The number of Topliss-reactive ketones (excluding diaryl/α,β-unsaturated/α-hetero) is 1. The molecule has 1 aromatic carbocycles. The third kappa shape index (κ3) is 5.05. The molecule has 0 saturated carbocycles. The Morgan fingerprint density at radius 2 is 1.91 bits per heavy atom. The van der Waals surface area contributed by atoms with Crippen LogP contribution in [0.2, 0.25) is 0 Å². The van der Waals surface area contributed by atoms with Crippen molar-refractivity contribution in [1.29, 1.82) is 5.26 Å². The molecule has 0 saturated heterocycles. The quantitative estimate of drug-likeness (QED) is 0.819. The van der Waals surface area contributed by atoms with Crippen molar-refractivity contribution in [2.45, 2.75) is 19.0 Å². The van der Waals surface area contributed by atoms with E-state index in [-0.39, 0.29) is 18.5 Å². The lowest BCUT2D eigenvalue weighted by molar-refractivity contribution is -0.137. The normalized spacial score (nSPS) is 12.1. The molecule has 0 aliphatic rings. The number of alkyl halides is 3. The number of hydrogen-bond donors (Lipinski definition) is 1. The number of benzene rings is 1. The van der Waals surface area contributed by atoms with Gasteiger partial charge in [-0.15, -0.1) is 6.58 Å². The van der Waals surface area contributed by atoms with Crippen molar-refractivity contribution in [3.8, 4) is 6.07 Å². The van der Waals surface area contributed by atoms with E-state index in [1.807, 2.05) is 0 Å². The number of nitrogens with zero attached hydrogens (tertiary/aromatic N) is 1. The summed E-state index contributed by atoms with van der Waals surface area (Å²) in [5.74, 6) is -2.16. The molecule has 0 aliphatic carbocycles. The molecule has 0 radical (unpaired) electrons. The molecule has 22 heavy (non-hydrogen) atoms. The highest BCUT2D eigenvalue weighted by atomic mass is 19.4. The van der Waals surface area contributed by atoms with Crippen LogP contribution in [0.25, 0.3) is 0 Å². The Hall–Kier alpha value is -2.62. The average Bonchev–Trinajstić information content (AvgIpc) is 2.44. The Labute approximate surface area is 125 Å². The van der Waals surface area contributed by atoms with Crippen LogP contribution in [0.3, 0.4) is 0 Å². The van der Waals surface area contributed by atoms with Gasteiger partial charge in [0, 0.05) is 18.5 Å². The van der Waals surface area contributed by atoms with Crippen LogP contribution in [-0.4, -0.2) is 11.7 Å². The zero-order valence-electron chi connectivity index (χ0n) is 11.5. The number of anilines is 1. The van der Waals surface area contributed by atoms with E-state index >= 15 is 0 Å². The van der Waals surface area contributed by atoms with Crippen LogP contribution in [-0.2, 0) is 15.8 Å². The molecule has 0 bridgehead atoms. The van der Waals surface area contributed by atoms with Crippen LogP contribution in [0, 0.1) is 17.2 Å². The van der Waals surface area contributed by atoms with E-state index in [1.54, 1.807) is 6.07 Å². The van der Waals surface area contributed by atoms with Crippen LogP contribution in [0.1, 0.15) is 18.4 Å². The molecule has 7 heteroatoms. The molecular formula is C15H13F3N2O2. The summed E-state index contributed by atoms with van der Waals surface area (Å²) in [4.78, 5) is 23.2. The maximum absolute atomic E-state index is 12.4. The second-order valence-corrected chi connectivity index (χ2v) is 4.47. The van der Waals surface area contributed by atoms with Crippen molar-refractivity contribution in [3.63, 3.8) is 0 Å². The van der Waals surface area contributed by atoms with Gasteiger partial charge >= 0.3 is 6.18 Å². The number of nitriles is 1. The Kier molecular flexibility index (Phi) is 5.87. The minimum Gasteiger partial charge on any atom is -0.326 e. The minimum absolute atomic E-state index is 0.0220. The van der Waals surface area contributed by atoms with E-state index in [0.717, 1.165) is 24.3 Å². The Balaban J connectivity index is 2.67. The predicted molar refractivity (Wildman–Crippen MR) is 73.6 cm³/mol. The van der Waals surface area contributed by atoms with Gasteiger partial charge in [0.15, 0.2) is 5.78 Å². The summed E-state index contributed by atoms with van der Waals surface area (Å²) in [6.45, 7) is 3.37. The molecule has 0 fully saturated rings. The van der Waals surface area contributed by atoms with Crippen molar-refractivity contribution < 1.29 is 22.8 Å². The van der Waals surface area contributed by atoms with Gasteiger partial charge < -0.3 is 5.32 Å². The largest absolute Gasteiger partial charge is 0.416 e. The van der Waals surface area contributed by atoms with Crippen LogP contribution in [0.4, 0.5) is 18.9 Å². The van der Waals surface area contributed by atoms with E-state index in [4.69, 9.17) is 5.26 Å². The zero-order valence-corrected chi connectivity index (χ0v) is 11.5. The second kappa shape index (κ2) is 7.41. The standard InChI is InChI=1S/C15H13F3N2O2/c1-2-3-13(21)10(9-19)8-14(22)20-12-6-4-11(5-7-12)15(16,17)18/h2,4-7,10H,1,3,8H2,(H,20,22). The first kappa shape index (κ1) is 17.4. The van der Waals surface area contributed by atoms with Gasteiger partial charge in [-0.2, -0.15) is 18.4 Å². The number of rotatable bonds is 6. The first-order chi connectivity index (χ1) is 10.3. The highest BCUT2D eigenvalue weighted by Gasteiger charge is 2.30. The minimum atomic E-state index is -4.45. The number of ketones is 1. The Bertz CT molecular complexity index is 601. The second-order valence-electron chi connectivity index (χ2n) is 4.47. The van der Waals surface area contributed by atoms with Crippen LogP contribution in [0.15, 0.2) is 36.9 Å². The van der Waals surface area contributed by atoms with Crippen molar-refractivity contribution in [3.05, 3.63) is 42.5 Å². The molecule has 1 N–H and O–H groups in total. The molecule has 0 aromatic heterocycles. The summed E-state index contributed by atoms with van der Waals surface area (Å²) >= 11 is 0. The third-order valence-electron chi connectivity index (χ3n) is 2.78. The van der Waals surface area contributed by atoms with Gasteiger partial charge in [-0.3, -0.25) is 9.59 Å². The Morgan fingerprint density at radius 3 is 2.36 bits per heavy atom. The van der Waals surface area contributed by atoms with E-state index in [2.05, 4.69) is 11.9 Å². The van der Waals surface area contributed by atoms with Gasteiger partial charge in [0.25, 0.3) is 0 Å². The number of nitrogens with one attached hydrogen (secondary N) is 1. The molecule has 1 rings (SSSR count). The molecule has 0 heterocycles. The summed E-state index contributed by atoms with van der Waals surface area (Å²) in [6.07, 6.45) is -3.50. The summed E-state index contributed by atoms with van der Waals surface area (Å²) in [7, 11) is 0. The smallest absolute Gasteiger partial charge is 0.326 e. The summed E-state index contributed by atoms with van der Waals surface area (Å²) in [5.41, 5.74) is -0.674. The monoisotopic (exact) mass is 310 g/mol. The molecule has 116 valence electrons. The highest BCUT2D eigenvalue weighted by molar-refractivity contribution is 5.95. The van der Waals surface area contributed by atoms with Crippen LogP contribution >= 0.6 is 0 Å². The van der Waals surface area contributed by atoms with E-state index < -0.39 is 29.3 Å². The number of halogens is 3. The van der Waals surface area contributed by atoms with Crippen molar-refractivity contribution in [2.24, 2.45) is 5.92 Å². The molecular weight excluding hydrogens is 297 g/mol. The third-order valence-corrected chi connectivity index (χ3v) is 2.78. The average molecular weight is 310 g/mol. The molecule has 0 spiro atoms. The van der Waals surface area contributed by atoms with E-state index in [1.165, 1.54) is 6.08 Å². The lowest BCUT2D eigenvalue weighted by atomic mass is 9.99. The van der Waals surface area contributed by atoms with Gasteiger partial charge in [-0.25, -0.2) is 0 Å².